The van der Waals surface area contributed by atoms with Gasteiger partial charge in [-0.3, -0.25) is 0 Å². The molecule has 0 spiro atoms. The molecule has 4 saturated carbocycles. The summed E-state index contributed by atoms with van der Waals surface area (Å²) in [5.74, 6) is 3.53. The van der Waals surface area contributed by atoms with E-state index >= 15 is 0 Å². The normalized spacial score (nSPS) is 54.2. The molecule has 4 heteroatoms. The minimum absolute atomic E-state index is 0.617. The maximum atomic E-state index is 5.60. The van der Waals surface area contributed by atoms with Gasteiger partial charge in [0.05, 0.1) is 48.8 Å². The SMILES string of the molecule is C(=C\C1CCC2OC2C1)/C1CCC2OC2C1.C(CC1CCC2OC2C1)C1CCC2OC2C1. The molecule has 0 aromatic carbocycles. The lowest BCUT2D eigenvalue weighted by Gasteiger charge is -2.23. The Kier molecular flexibility index (Phi) is 5.66. The van der Waals surface area contributed by atoms with E-state index in [2.05, 4.69) is 12.2 Å². The molecule has 0 N–H and O–H groups in total. The molecule has 0 aromatic heterocycles. The summed E-state index contributed by atoms with van der Waals surface area (Å²) in [4.78, 5) is 0. The maximum Gasteiger partial charge on any atom is 0.0847 e. The molecule has 0 bridgehead atoms. The van der Waals surface area contributed by atoms with Crippen LogP contribution in [0.2, 0.25) is 0 Å². The van der Waals surface area contributed by atoms with Crippen molar-refractivity contribution in [2.24, 2.45) is 23.7 Å². The second-order valence-corrected chi connectivity index (χ2v) is 12.3. The summed E-state index contributed by atoms with van der Waals surface area (Å²) in [5.41, 5.74) is 0. The molecule has 0 amide bonds. The predicted octanol–water partition coefficient (Wildman–Crippen LogP) is 5.58. The lowest BCUT2D eigenvalue weighted by Crippen LogP contribution is -2.17. The van der Waals surface area contributed by atoms with Gasteiger partial charge in [-0.05, 0) is 101 Å². The predicted molar refractivity (Wildman–Crippen MR) is 122 cm³/mol. The van der Waals surface area contributed by atoms with Gasteiger partial charge in [-0.25, -0.2) is 0 Å². The molecule has 4 aliphatic carbocycles. The molecule has 178 valence electrons. The van der Waals surface area contributed by atoms with Gasteiger partial charge in [-0.2, -0.15) is 0 Å². The van der Waals surface area contributed by atoms with E-state index in [1.54, 1.807) is 0 Å². The van der Waals surface area contributed by atoms with E-state index in [0.717, 1.165) is 23.7 Å². The van der Waals surface area contributed by atoms with Crippen LogP contribution in [0.15, 0.2) is 12.2 Å². The largest absolute Gasteiger partial charge is 0.370 e. The summed E-state index contributed by atoms with van der Waals surface area (Å²) >= 11 is 0. The number of epoxide rings is 4. The third kappa shape index (κ3) is 4.99. The summed E-state index contributed by atoms with van der Waals surface area (Å²) < 4.78 is 22.3. The maximum absolute atomic E-state index is 5.60. The van der Waals surface area contributed by atoms with E-state index < -0.39 is 0 Å². The zero-order chi connectivity index (χ0) is 21.1. The van der Waals surface area contributed by atoms with E-state index in [-0.39, 0.29) is 0 Å². The van der Waals surface area contributed by atoms with Gasteiger partial charge in [0, 0.05) is 0 Å². The van der Waals surface area contributed by atoms with Crippen molar-refractivity contribution >= 4 is 0 Å². The summed E-state index contributed by atoms with van der Waals surface area (Å²) in [6.07, 6.45) is 29.1. The third-order valence-electron chi connectivity index (χ3n) is 9.95. The molecular formula is C28H42O4. The Morgan fingerprint density at radius 3 is 1.16 bits per heavy atom. The van der Waals surface area contributed by atoms with Crippen LogP contribution >= 0.6 is 0 Å². The highest BCUT2D eigenvalue weighted by molar-refractivity contribution is 5.04. The molecule has 0 aromatic rings. The Morgan fingerprint density at radius 1 is 0.406 bits per heavy atom. The molecule has 0 radical (unpaired) electrons. The van der Waals surface area contributed by atoms with Crippen LogP contribution in [0, 0.1) is 23.7 Å². The van der Waals surface area contributed by atoms with E-state index in [1.165, 1.54) is 89.9 Å². The summed E-state index contributed by atoms with van der Waals surface area (Å²) in [7, 11) is 0. The van der Waals surface area contributed by atoms with Crippen LogP contribution in [0.5, 0.6) is 0 Å². The quantitative estimate of drug-likeness (QED) is 0.412. The smallest absolute Gasteiger partial charge is 0.0847 e. The van der Waals surface area contributed by atoms with Gasteiger partial charge in [0.15, 0.2) is 0 Å². The molecule has 4 saturated heterocycles. The summed E-state index contributed by atoms with van der Waals surface area (Å²) in [5, 5.41) is 0. The van der Waals surface area contributed by atoms with Crippen LogP contribution in [0.1, 0.15) is 89.9 Å². The number of hydrogen-bond acceptors (Lipinski definition) is 4. The van der Waals surface area contributed by atoms with Crippen molar-refractivity contribution in [2.45, 2.75) is 139 Å². The monoisotopic (exact) mass is 442 g/mol. The van der Waals surface area contributed by atoms with Crippen molar-refractivity contribution in [3.63, 3.8) is 0 Å². The third-order valence-corrected chi connectivity index (χ3v) is 9.95. The van der Waals surface area contributed by atoms with E-state index in [9.17, 15) is 0 Å². The fraction of sp³-hybridized carbons (Fsp3) is 0.929. The van der Waals surface area contributed by atoms with Crippen molar-refractivity contribution in [3.8, 4) is 0 Å². The first-order chi connectivity index (χ1) is 15.8. The standard InChI is InChI=1S/C14H22O2.C14H20O2/c2*1(9-3-5-11-13(7-9)15-11)2-10-4-6-12-14(8-10)16-12/h9-14H,1-8H2;1-2,9-14H,3-8H2/b;2-1+. The van der Waals surface area contributed by atoms with E-state index in [4.69, 9.17) is 18.9 Å². The van der Waals surface area contributed by atoms with Crippen molar-refractivity contribution in [3.05, 3.63) is 12.2 Å². The van der Waals surface area contributed by atoms with Crippen LogP contribution in [0.4, 0.5) is 0 Å². The molecule has 8 aliphatic rings. The lowest BCUT2D eigenvalue weighted by atomic mass is 9.80. The Labute approximate surface area is 193 Å². The summed E-state index contributed by atoms with van der Waals surface area (Å²) in [6.45, 7) is 0. The first-order valence-electron chi connectivity index (χ1n) is 14.1. The van der Waals surface area contributed by atoms with Gasteiger partial charge in [-0.1, -0.05) is 25.0 Å². The van der Waals surface area contributed by atoms with Crippen LogP contribution < -0.4 is 0 Å². The van der Waals surface area contributed by atoms with Crippen LogP contribution in [0.3, 0.4) is 0 Å². The highest BCUT2D eigenvalue weighted by Crippen LogP contribution is 2.45. The van der Waals surface area contributed by atoms with Gasteiger partial charge in [0.25, 0.3) is 0 Å². The highest BCUT2D eigenvalue weighted by Gasteiger charge is 2.46. The van der Waals surface area contributed by atoms with E-state index in [0.29, 0.717) is 48.8 Å². The molecular weight excluding hydrogens is 400 g/mol. The Hall–Kier alpha value is -0.420. The average Bonchev–Trinajstić information content (AvgIpc) is 3.66. The fourth-order valence-electron chi connectivity index (χ4n) is 7.50. The second-order valence-electron chi connectivity index (χ2n) is 12.3. The van der Waals surface area contributed by atoms with E-state index in [1.807, 2.05) is 0 Å². The van der Waals surface area contributed by atoms with Crippen molar-refractivity contribution in [2.75, 3.05) is 0 Å². The highest BCUT2D eigenvalue weighted by atomic mass is 16.6. The molecule has 4 aliphatic heterocycles. The molecule has 8 fully saturated rings. The minimum atomic E-state index is 0.617. The second kappa shape index (κ2) is 8.66. The number of allylic oxidation sites excluding steroid dienone is 2. The average molecular weight is 443 g/mol. The van der Waals surface area contributed by atoms with Crippen molar-refractivity contribution in [1.29, 1.82) is 0 Å². The first-order valence-corrected chi connectivity index (χ1v) is 14.1. The van der Waals surface area contributed by atoms with Gasteiger partial charge >= 0.3 is 0 Å². The Bertz CT molecular complexity index is 650. The molecule has 4 nitrogen and oxygen atoms in total. The number of ether oxygens (including phenoxy) is 4. The zero-order valence-electron chi connectivity index (χ0n) is 19.6. The number of fused-ring (bicyclic) bond motifs is 4. The molecule has 12 atom stereocenters. The van der Waals surface area contributed by atoms with Gasteiger partial charge in [-0.15, -0.1) is 0 Å². The zero-order valence-corrected chi connectivity index (χ0v) is 19.6. The van der Waals surface area contributed by atoms with Gasteiger partial charge < -0.3 is 18.9 Å². The van der Waals surface area contributed by atoms with Gasteiger partial charge in [0.1, 0.15) is 0 Å². The fourth-order valence-corrected chi connectivity index (χ4v) is 7.50. The molecule has 12 unspecified atom stereocenters. The van der Waals surface area contributed by atoms with Crippen molar-refractivity contribution in [1.82, 2.24) is 0 Å². The van der Waals surface area contributed by atoms with Crippen LogP contribution in [0.25, 0.3) is 0 Å². The number of rotatable bonds is 5. The van der Waals surface area contributed by atoms with Crippen LogP contribution in [-0.4, -0.2) is 48.8 Å². The molecule has 8 rings (SSSR count). The Morgan fingerprint density at radius 2 is 0.781 bits per heavy atom. The number of hydrogen-bond donors (Lipinski definition) is 0. The Balaban J connectivity index is 0.000000113. The van der Waals surface area contributed by atoms with Crippen molar-refractivity contribution < 1.29 is 18.9 Å². The lowest BCUT2D eigenvalue weighted by molar-refractivity contribution is 0.292. The topological polar surface area (TPSA) is 50.1 Å². The molecule has 4 heterocycles. The molecule has 32 heavy (non-hydrogen) atoms. The van der Waals surface area contributed by atoms with Gasteiger partial charge in [0.2, 0.25) is 0 Å². The first kappa shape index (κ1) is 20.9. The minimum Gasteiger partial charge on any atom is -0.370 e. The van der Waals surface area contributed by atoms with Crippen LogP contribution in [-0.2, 0) is 18.9 Å². The summed E-state index contributed by atoms with van der Waals surface area (Å²) in [6, 6.07) is 0.